The molecule has 2 rings (SSSR count). The molecule has 0 unspecified atom stereocenters. The summed E-state index contributed by atoms with van der Waals surface area (Å²) in [7, 11) is 2.76. The van der Waals surface area contributed by atoms with Crippen molar-refractivity contribution in [2.24, 2.45) is 0 Å². The molecule has 0 spiro atoms. The molecule has 0 amide bonds. The number of hydrogen-bond donors (Lipinski definition) is 0. The van der Waals surface area contributed by atoms with E-state index >= 15 is 0 Å². The van der Waals surface area contributed by atoms with Gasteiger partial charge in [0.25, 0.3) is 0 Å². The summed E-state index contributed by atoms with van der Waals surface area (Å²) < 4.78 is 15.2. The van der Waals surface area contributed by atoms with Crippen LogP contribution in [0.1, 0.15) is 5.69 Å². The first-order chi connectivity index (χ1) is 9.06. The zero-order chi connectivity index (χ0) is 14.0. The van der Waals surface area contributed by atoms with E-state index < -0.39 is 4.92 Å². The minimum atomic E-state index is -0.534. The first-order valence-electron chi connectivity index (χ1n) is 5.41. The number of methoxy groups -OCH3 is 2. The maximum absolute atomic E-state index is 11.1. The van der Waals surface area contributed by atoms with E-state index in [4.69, 9.17) is 14.0 Å². The second-order valence-electron chi connectivity index (χ2n) is 3.82. The lowest BCUT2D eigenvalue weighted by Gasteiger charge is -2.09. The number of aromatic nitrogens is 1. The molecule has 0 fully saturated rings. The lowest BCUT2D eigenvalue weighted by Crippen LogP contribution is -1.97. The smallest absolute Gasteiger partial charge is 0.315 e. The summed E-state index contributed by atoms with van der Waals surface area (Å²) in [4.78, 5) is 10.5. The first kappa shape index (κ1) is 12.9. The molecule has 2 aromatic rings. The van der Waals surface area contributed by atoms with Crippen molar-refractivity contribution in [3.8, 4) is 22.8 Å². The Morgan fingerprint density at radius 3 is 2.47 bits per heavy atom. The molecule has 0 aliphatic carbocycles. The summed E-state index contributed by atoms with van der Waals surface area (Å²) in [6.07, 6.45) is 0. The summed E-state index contributed by atoms with van der Waals surface area (Å²) in [5, 5.41) is 14.8. The fraction of sp³-hybridized carbons (Fsp3) is 0.250. The van der Waals surface area contributed by atoms with Gasteiger partial charge in [-0.2, -0.15) is 0 Å². The molecule has 0 saturated heterocycles. The summed E-state index contributed by atoms with van der Waals surface area (Å²) >= 11 is 0. The summed E-state index contributed by atoms with van der Waals surface area (Å²) in [5.74, 6) is 0.773. The summed E-state index contributed by atoms with van der Waals surface area (Å²) in [5.41, 5.74) is 1.00. The van der Waals surface area contributed by atoms with Crippen molar-refractivity contribution in [1.29, 1.82) is 0 Å². The fourth-order valence-corrected chi connectivity index (χ4v) is 1.72. The zero-order valence-electron chi connectivity index (χ0n) is 10.7. The van der Waals surface area contributed by atoms with Gasteiger partial charge in [-0.3, -0.25) is 10.1 Å². The third-order valence-electron chi connectivity index (χ3n) is 2.57. The van der Waals surface area contributed by atoms with E-state index in [1.165, 1.54) is 20.3 Å². The van der Waals surface area contributed by atoms with Crippen LogP contribution in [0, 0.1) is 17.0 Å². The van der Waals surface area contributed by atoms with Crippen LogP contribution in [-0.2, 0) is 0 Å². The highest BCUT2D eigenvalue weighted by atomic mass is 16.6. The van der Waals surface area contributed by atoms with E-state index in [0.717, 1.165) is 0 Å². The zero-order valence-corrected chi connectivity index (χ0v) is 10.7. The van der Waals surface area contributed by atoms with Crippen molar-refractivity contribution >= 4 is 5.69 Å². The van der Waals surface area contributed by atoms with Crippen LogP contribution < -0.4 is 9.47 Å². The van der Waals surface area contributed by atoms with Crippen LogP contribution in [0.4, 0.5) is 5.69 Å². The normalized spacial score (nSPS) is 10.3. The molecular weight excluding hydrogens is 252 g/mol. The van der Waals surface area contributed by atoms with Crippen molar-refractivity contribution in [1.82, 2.24) is 5.16 Å². The maximum atomic E-state index is 11.1. The highest BCUT2D eigenvalue weighted by Gasteiger charge is 2.23. The van der Waals surface area contributed by atoms with Gasteiger partial charge in [-0.15, -0.1) is 0 Å². The monoisotopic (exact) mass is 264 g/mol. The van der Waals surface area contributed by atoms with Gasteiger partial charge >= 0.3 is 5.69 Å². The van der Waals surface area contributed by atoms with E-state index in [1.54, 1.807) is 19.1 Å². The Hall–Kier alpha value is -2.57. The van der Waals surface area contributed by atoms with Crippen molar-refractivity contribution in [3.63, 3.8) is 0 Å². The van der Waals surface area contributed by atoms with E-state index in [-0.39, 0.29) is 17.2 Å². The molecule has 7 nitrogen and oxygen atoms in total. The van der Waals surface area contributed by atoms with Gasteiger partial charge in [-0.05, 0) is 13.0 Å². The van der Waals surface area contributed by atoms with Gasteiger partial charge < -0.3 is 14.0 Å². The van der Waals surface area contributed by atoms with Crippen molar-refractivity contribution in [3.05, 3.63) is 34.0 Å². The fourth-order valence-electron chi connectivity index (χ4n) is 1.72. The van der Waals surface area contributed by atoms with Crippen molar-refractivity contribution in [2.45, 2.75) is 6.92 Å². The van der Waals surface area contributed by atoms with Gasteiger partial charge in [-0.25, -0.2) is 0 Å². The Morgan fingerprint density at radius 1 is 1.26 bits per heavy atom. The third kappa shape index (κ3) is 2.35. The second-order valence-corrected chi connectivity index (χ2v) is 3.82. The average Bonchev–Trinajstić information content (AvgIpc) is 2.83. The van der Waals surface area contributed by atoms with Crippen LogP contribution in [0.15, 0.2) is 22.7 Å². The van der Waals surface area contributed by atoms with Gasteiger partial charge in [0.1, 0.15) is 0 Å². The summed E-state index contributed by atoms with van der Waals surface area (Å²) in [6.45, 7) is 1.77. The number of aryl methyl sites for hydroxylation is 1. The molecule has 7 heteroatoms. The van der Waals surface area contributed by atoms with Gasteiger partial charge in [0.2, 0.25) is 5.75 Å². The quantitative estimate of drug-likeness (QED) is 0.623. The van der Waals surface area contributed by atoms with E-state index in [1.807, 2.05) is 0 Å². The Morgan fingerprint density at radius 2 is 2.00 bits per heavy atom. The largest absolute Gasteiger partial charge is 0.493 e. The molecule has 0 N–H and O–H groups in total. The van der Waals surface area contributed by atoms with Gasteiger partial charge in [0.15, 0.2) is 11.5 Å². The SMILES string of the molecule is COc1cc(-c2cc(C)no2)cc([N+](=O)[O-])c1OC. The molecule has 19 heavy (non-hydrogen) atoms. The predicted octanol–water partition coefficient (Wildman–Crippen LogP) is 2.58. The Balaban J connectivity index is 2.64. The highest BCUT2D eigenvalue weighted by molar-refractivity contribution is 5.70. The number of benzene rings is 1. The molecule has 1 aromatic heterocycles. The molecule has 1 heterocycles. The predicted molar refractivity (Wildman–Crippen MR) is 66.4 cm³/mol. The standard InChI is InChI=1S/C12H12N2O5/c1-7-4-10(19-13-7)8-5-9(14(15)16)12(18-3)11(6-8)17-2/h4-6H,1-3H3. The molecule has 0 radical (unpaired) electrons. The minimum Gasteiger partial charge on any atom is -0.493 e. The molecule has 0 aliphatic heterocycles. The molecule has 0 saturated carbocycles. The number of nitrogens with zero attached hydrogens (tertiary/aromatic N) is 2. The highest BCUT2D eigenvalue weighted by Crippen LogP contribution is 2.40. The second kappa shape index (κ2) is 4.97. The number of nitro groups is 1. The van der Waals surface area contributed by atoms with Gasteiger partial charge in [0.05, 0.1) is 24.8 Å². The molecular formula is C12H12N2O5. The first-order valence-corrected chi connectivity index (χ1v) is 5.41. The van der Waals surface area contributed by atoms with Crippen LogP contribution in [0.5, 0.6) is 11.5 Å². The number of nitro benzene ring substituents is 1. The van der Waals surface area contributed by atoms with Crippen LogP contribution >= 0.6 is 0 Å². The van der Waals surface area contributed by atoms with E-state index in [0.29, 0.717) is 17.0 Å². The number of hydrogen-bond acceptors (Lipinski definition) is 6. The third-order valence-corrected chi connectivity index (χ3v) is 2.57. The average molecular weight is 264 g/mol. The Kier molecular flexibility index (Phi) is 3.37. The van der Waals surface area contributed by atoms with Crippen molar-refractivity contribution < 1.29 is 18.9 Å². The molecule has 0 aliphatic rings. The molecule has 1 aromatic carbocycles. The van der Waals surface area contributed by atoms with Crippen LogP contribution in [0.2, 0.25) is 0 Å². The molecule has 100 valence electrons. The number of rotatable bonds is 4. The maximum Gasteiger partial charge on any atom is 0.315 e. The van der Waals surface area contributed by atoms with Crippen LogP contribution in [0.3, 0.4) is 0 Å². The molecule has 0 atom stereocenters. The van der Waals surface area contributed by atoms with Crippen LogP contribution in [-0.4, -0.2) is 24.3 Å². The Bertz CT molecular complexity index is 621. The number of ether oxygens (including phenoxy) is 2. The van der Waals surface area contributed by atoms with E-state index in [9.17, 15) is 10.1 Å². The summed E-state index contributed by atoms with van der Waals surface area (Å²) in [6, 6.07) is 4.65. The lowest BCUT2D eigenvalue weighted by atomic mass is 10.1. The minimum absolute atomic E-state index is 0.0764. The van der Waals surface area contributed by atoms with Crippen LogP contribution in [0.25, 0.3) is 11.3 Å². The lowest BCUT2D eigenvalue weighted by molar-refractivity contribution is -0.385. The van der Waals surface area contributed by atoms with E-state index in [2.05, 4.69) is 5.16 Å². The Labute approximate surface area is 108 Å². The van der Waals surface area contributed by atoms with Crippen molar-refractivity contribution in [2.75, 3.05) is 14.2 Å². The van der Waals surface area contributed by atoms with Gasteiger partial charge in [-0.1, -0.05) is 5.16 Å². The van der Waals surface area contributed by atoms with Gasteiger partial charge in [0, 0.05) is 17.7 Å². The molecule has 0 bridgehead atoms. The topological polar surface area (TPSA) is 87.6 Å².